The van der Waals surface area contributed by atoms with Crippen molar-refractivity contribution in [2.45, 2.75) is 6.92 Å². The zero-order valence-corrected chi connectivity index (χ0v) is 11.3. The highest BCUT2D eigenvalue weighted by atomic mass is 16.5. The van der Waals surface area contributed by atoms with Crippen LogP contribution in [0.1, 0.15) is 5.56 Å². The quantitative estimate of drug-likeness (QED) is 0.803. The summed E-state index contributed by atoms with van der Waals surface area (Å²) < 4.78 is 10.7. The van der Waals surface area contributed by atoms with Gasteiger partial charge in [0.25, 0.3) is 0 Å². The maximum absolute atomic E-state index is 5.64. The molecule has 0 heterocycles. The minimum absolute atomic E-state index is 0.625. The van der Waals surface area contributed by atoms with Crippen LogP contribution in [0.25, 0.3) is 0 Å². The van der Waals surface area contributed by atoms with Crippen LogP contribution in [0.4, 0.5) is 5.69 Å². The second-order valence-corrected chi connectivity index (χ2v) is 4.32. The molecule has 0 saturated heterocycles. The first-order chi connectivity index (χ1) is 9.28. The van der Waals surface area contributed by atoms with E-state index in [4.69, 9.17) is 9.47 Å². The minimum Gasteiger partial charge on any atom is -0.497 e. The Morgan fingerprint density at radius 1 is 1.00 bits per heavy atom. The van der Waals surface area contributed by atoms with Gasteiger partial charge in [-0.2, -0.15) is 0 Å². The smallest absolute Gasteiger partial charge is 0.119 e. The number of ether oxygens (including phenoxy) is 2. The third-order valence-electron chi connectivity index (χ3n) is 2.78. The molecule has 3 nitrogen and oxygen atoms in total. The molecule has 2 aromatic rings. The molecule has 0 aliphatic carbocycles. The molecule has 0 unspecified atom stereocenters. The molecule has 0 bridgehead atoms. The minimum atomic E-state index is 0.625. The summed E-state index contributed by atoms with van der Waals surface area (Å²) >= 11 is 0. The lowest BCUT2D eigenvalue weighted by molar-refractivity contribution is 0.332. The second kappa shape index (κ2) is 6.69. The number of aryl methyl sites for hydroxylation is 1. The van der Waals surface area contributed by atoms with Crippen molar-refractivity contribution >= 4 is 5.69 Å². The van der Waals surface area contributed by atoms with Crippen LogP contribution in [0.5, 0.6) is 11.5 Å². The summed E-state index contributed by atoms with van der Waals surface area (Å²) in [7, 11) is 1.65. The first kappa shape index (κ1) is 13.3. The standard InChI is InChI=1S/C16H19NO2/c1-13-4-3-5-14(12-13)17-10-11-19-16-8-6-15(18-2)7-9-16/h3-9,12,17H,10-11H2,1-2H3. The molecule has 0 amide bonds. The number of methoxy groups -OCH3 is 1. The topological polar surface area (TPSA) is 30.5 Å². The maximum Gasteiger partial charge on any atom is 0.119 e. The normalized spacial score (nSPS) is 10.0. The van der Waals surface area contributed by atoms with Crippen molar-refractivity contribution in [3.8, 4) is 11.5 Å². The summed E-state index contributed by atoms with van der Waals surface area (Å²) in [5, 5.41) is 3.33. The predicted octanol–water partition coefficient (Wildman–Crippen LogP) is 3.49. The summed E-state index contributed by atoms with van der Waals surface area (Å²) in [5.74, 6) is 1.69. The third kappa shape index (κ3) is 4.21. The summed E-state index contributed by atoms with van der Waals surface area (Å²) in [6, 6.07) is 15.9. The summed E-state index contributed by atoms with van der Waals surface area (Å²) in [5.41, 5.74) is 2.37. The van der Waals surface area contributed by atoms with E-state index in [1.807, 2.05) is 30.3 Å². The van der Waals surface area contributed by atoms with Gasteiger partial charge in [-0.05, 0) is 48.9 Å². The molecule has 19 heavy (non-hydrogen) atoms. The van der Waals surface area contributed by atoms with Gasteiger partial charge < -0.3 is 14.8 Å². The lowest BCUT2D eigenvalue weighted by Crippen LogP contribution is -2.11. The van der Waals surface area contributed by atoms with Gasteiger partial charge in [0.15, 0.2) is 0 Å². The molecule has 0 aliphatic heterocycles. The summed E-state index contributed by atoms with van der Waals surface area (Å²) in [6.45, 7) is 3.48. The molecule has 0 radical (unpaired) electrons. The van der Waals surface area contributed by atoms with Crippen LogP contribution in [0.3, 0.4) is 0 Å². The number of rotatable bonds is 6. The molecular formula is C16H19NO2. The molecule has 2 aromatic carbocycles. The largest absolute Gasteiger partial charge is 0.497 e. The van der Waals surface area contributed by atoms with Gasteiger partial charge in [0.05, 0.1) is 7.11 Å². The molecule has 2 rings (SSSR count). The highest BCUT2D eigenvalue weighted by Gasteiger charge is 1.96. The van der Waals surface area contributed by atoms with Crippen molar-refractivity contribution in [1.29, 1.82) is 0 Å². The van der Waals surface area contributed by atoms with E-state index in [-0.39, 0.29) is 0 Å². The Morgan fingerprint density at radius 3 is 2.42 bits per heavy atom. The Kier molecular flexibility index (Phi) is 4.67. The van der Waals surface area contributed by atoms with E-state index in [0.717, 1.165) is 23.7 Å². The van der Waals surface area contributed by atoms with E-state index in [1.54, 1.807) is 7.11 Å². The third-order valence-corrected chi connectivity index (χ3v) is 2.78. The Hall–Kier alpha value is -2.16. The summed E-state index contributed by atoms with van der Waals surface area (Å²) in [6.07, 6.45) is 0. The van der Waals surface area contributed by atoms with Gasteiger partial charge in [-0.25, -0.2) is 0 Å². The lowest BCUT2D eigenvalue weighted by atomic mass is 10.2. The molecule has 0 fully saturated rings. The van der Waals surface area contributed by atoms with Crippen molar-refractivity contribution in [3.05, 3.63) is 54.1 Å². The Morgan fingerprint density at radius 2 is 1.74 bits per heavy atom. The van der Waals surface area contributed by atoms with Crippen LogP contribution >= 0.6 is 0 Å². The maximum atomic E-state index is 5.64. The van der Waals surface area contributed by atoms with Crippen molar-refractivity contribution in [1.82, 2.24) is 0 Å². The average Bonchev–Trinajstić information content (AvgIpc) is 2.44. The Bertz CT molecular complexity index is 508. The number of benzene rings is 2. The fourth-order valence-electron chi connectivity index (χ4n) is 1.79. The number of nitrogens with one attached hydrogen (secondary N) is 1. The first-order valence-corrected chi connectivity index (χ1v) is 6.35. The summed E-state index contributed by atoms with van der Waals surface area (Å²) in [4.78, 5) is 0. The molecule has 3 heteroatoms. The molecule has 0 saturated carbocycles. The molecule has 100 valence electrons. The fraction of sp³-hybridized carbons (Fsp3) is 0.250. The van der Waals surface area contributed by atoms with E-state index >= 15 is 0 Å². The molecule has 0 aromatic heterocycles. The first-order valence-electron chi connectivity index (χ1n) is 6.35. The monoisotopic (exact) mass is 257 g/mol. The second-order valence-electron chi connectivity index (χ2n) is 4.32. The van der Waals surface area contributed by atoms with Gasteiger partial charge in [0.2, 0.25) is 0 Å². The van der Waals surface area contributed by atoms with E-state index in [1.165, 1.54) is 5.56 Å². The van der Waals surface area contributed by atoms with Crippen molar-refractivity contribution < 1.29 is 9.47 Å². The SMILES string of the molecule is COc1ccc(OCCNc2cccc(C)c2)cc1. The van der Waals surface area contributed by atoms with Crippen molar-refractivity contribution in [2.75, 3.05) is 25.6 Å². The molecule has 0 atom stereocenters. The average molecular weight is 257 g/mol. The fourth-order valence-corrected chi connectivity index (χ4v) is 1.79. The van der Waals surface area contributed by atoms with Gasteiger partial charge >= 0.3 is 0 Å². The molecule has 1 N–H and O–H groups in total. The van der Waals surface area contributed by atoms with Crippen molar-refractivity contribution in [3.63, 3.8) is 0 Å². The van der Waals surface area contributed by atoms with Crippen LogP contribution in [0.2, 0.25) is 0 Å². The molecule has 0 spiro atoms. The number of anilines is 1. The van der Waals surface area contributed by atoms with Gasteiger partial charge in [-0.1, -0.05) is 12.1 Å². The van der Waals surface area contributed by atoms with Crippen LogP contribution in [-0.4, -0.2) is 20.3 Å². The van der Waals surface area contributed by atoms with Gasteiger partial charge in [0, 0.05) is 12.2 Å². The zero-order valence-electron chi connectivity index (χ0n) is 11.3. The van der Waals surface area contributed by atoms with Gasteiger partial charge in [0.1, 0.15) is 18.1 Å². The highest BCUT2D eigenvalue weighted by molar-refractivity contribution is 5.45. The van der Waals surface area contributed by atoms with Gasteiger partial charge in [-0.3, -0.25) is 0 Å². The van der Waals surface area contributed by atoms with Crippen LogP contribution in [-0.2, 0) is 0 Å². The predicted molar refractivity (Wildman–Crippen MR) is 78.2 cm³/mol. The van der Waals surface area contributed by atoms with Crippen LogP contribution < -0.4 is 14.8 Å². The van der Waals surface area contributed by atoms with Crippen LogP contribution in [0, 0.1) is 6.92 Å². The van der Waals surface area contributed by atoms with E-state index in [0.29, 0.717) is 6.61 Å². The van der Waals surface area contributed by atoms with Crippen LogP contribution in [0.15, 0.2) is 48.5 Å². The zero-order chi connectivity index (χ0) is 13.5. The molecule has 0 aliphatic rings. The van der Waals surface area contributed by atoms with E-state index in [2.05, 4.69) is 30.4 Å². The Labute approximate surface area is 114 Å². The van der Waals surface area contributed by atoms with Crippen molar-refractivity contribution in [2.24, 2.45) is 0 Å². The number of hydrogen-bond acceptors (Lipinski definition) is 3. The van der Waals surface area contributed by atoms with E-state index in [9.17, 15) is 0 Å². The lowest BCUT2D eigenvalue weighted by Gasteiger charge is -2.09. The Balaban J connectivity index is 1.74. The number of hydrogen-bond donors (Lipinski definition) is 1. The van der Waals surface area contributed by atoms with Gasteiger partial charge in [-0.15, -0.1) is 0 Å². The highest BCUT2D eigenvalue weighted by Crippen LogP contribution is 2.16. The molecular weight excluding hydrogens is 238 g/mol. The van der Waals surface area contributed by atoms with E-state index < -0.39 is 0 Å².